The maximum absolute atomic E-state index is 12.6. The molecule has 1 aliphatic carbocycles. The van der Waals surface area contributed by atoms with Crippen molar-refractivity contribution < 1.29 is 14.7 Å². The number of aliphatic carboxylic acids is 1. The highest BCUT2D eigenvalue weighted by Crippen LogP contribution is 2.44. The second-order valence-corrected chi connectivity index (χ2v) is 8.05. The number of carbonyl (C=O) groups excluding carboxylic acids is 1. The average Bonchev–Trinajstić information content (AvgIpc) is 2.31. The summed E-state index contributed by atoms with van der Waals surface area (Å²) in [5.74, 6) is -1.13. The Morgan fingerprint density at radius 2 is 1.81 bits per heavy atom. The number of hydrogen-bond donors (Lipinski definition) is 3. The van der Waals surface area contributed by atoms with Gasteiger partial charge in [-0.2, -0.15) is 0 Å². The van der Waals surface area contributed by atoms with E-state index in [1.54, 1.807) is 0 Å². The van der Waals surface area contributed by atoms with Gasteiger partial charge < -0.3 is 16.2 Å². The molecule has 0 aromatic carbocycles. The summed E-state index contributed by atoms with van der Waals surface area (Å²) in [6, 6.07) is -0.784. The summed E-state index contributed by atoms with van der Waals surface area (Å²) in [6.45, 7) is 11.6. The normalized spacial score (nSPS) is 30.5. The van der Waals surface area contributed by atoms with Crippen molar-refractivity contribution in [3.8, 4) is 0 Å². The molecule has 4 N–H and O–H groups in total. The zero-order valence-electron chi connectivity index (χ0n) is 14.1. The molecule has 0 aromatic rings. The lowest BCUT2D eigenvalue weighted by atomic mass is 9.61. The van der Waals surface area contributed by atoms with Crippen LogP contribution in [0, 0.1) is 22.7 Å². The highest BCUT2D eigenvalue weighted by Gasteiger charge is 2.46. The van der Waals surface area contributed by atoms with Gasteiger partial charge in [0.2, 0.25) is 5.91 Å². The summed E-state index contributed by atoms with van der Waals surface area (Å²) in [5.41, 5.74) is 5.35. The van der Waals surface area contributed by atoms with Gasteiger partial charge in [0.25, 0.3) is 0 Å². The van der Waals surface area contributed by atoms with E-state index >= 15 is 0 Å². The molecular weight excluding hydrogens is 268 g/mol. The van der Waals surface area contributed by atoms with Crippen LogP contribution in [0.2, 0.25) is 0 Å². The molecular formula is C16H30N2O3. The average molecular weight is 298 g/mol. The predicted molar refractivity (Wildman–Crippen MR) is 82.7 cm³/mol. The lowest BCUT2D eigenvalue weighted by Crippen LogP contribution is -2.56. The van der Waals surface area contributed by atoms with Crippen LogP contribution in [0.25, 0.3) is 0 Å². The van der Waals surface area contributed by atoms with E-state index in [0.29, 0.717) is 6.42 Å². The van der Waals surface area contributed by atoms with Crippen LogP contribution in [0.1, 0.15) is 54.4 Å². The second-order valence-electron chi connectivity index (χ2n) is 8.05. The molecule has 4 atom stereocenters. The van der Waals surface area contributed by atoms with Crippen molar-refractivity contribution in [2.24, 2.45) is 28.4 Å². The fourth-order valence-electron chi connectivity index (χ4n) is 3.21. The van der Waals surface area contributed by atoms with Crippen molar-refractivity contribution >= 4 is 11.9 Å². The van der Waals surface area contributed by atoms with Crippen molar-refractivity contribution in [1.82, 2.24) is 5.32 Å². The van der Waals surface area contributed by atoms with Crippen molar-refractivity contribution in [2.45, 2.75) is 66.5 Å². The van der Waals surface area contributed by atoms with Crippen LogP contribution >= 0.6 is 0 Å². The largest absolute Gasteiger partial charge is 0.480 e. The van der Waals surface area contributed by atoms with Gasteiger partial charge in [0.15, 0.2) is 0 Å². The summed E-state index contributed by atoms with van der Waals surface area (Å²) >= 11 is 0. The van der Waals surface area contributed by atoms with E-state index in [1.165, 1.54) is 0 Å². The van der Waals surface area contributed by atoms with Crippen molar-refractivity contribution in [3.63, 3.8) is 0 Å². The summed E-state index contributed by atoms with van der Waals surface area (Å²) in [6.07, 6.45) is 1.51. The van der Waals surface area contributed by atoms with E-state index < -0.39 is 17.4 Å². The molecule has 1 rings (SSSR count). The third-order valence-corrected chi connectivity index (χ3v) is 5.22. The molecule has 1 amide bonds. The fraction of sp³-hybridized carbons (Fsp3) is 0.875. The third-order valence-electron chi connectivity index (χ3n) is 5.22. The summed E-state index contributed by atoms with van der Waals surface area (Å²) < 4.78 is 0. The predicted octanol–water partition coefficient (Wildman–Crippen LogP) is 2.00. The molecule has 0 aromatic heterocycles. The van der Waals surface area contributed by atoms with E-state index in [2.05, 4.69) is 12.2 Å². The van der Waals surface area contributed by atoms with E-state index in [1.807, 2.05) is 34.6 Å². The zero-order valence-corrected chi connectivity index (χ0v) is 14.1. The smallest absolute Gasteiger partial charge is 0.326 e. The summed E-state index contributed by atoms with van der Waals surface area (Å²) in [5, 5.41) is 12.1. The minimum Gasteiger partial charge on any atom is -0.480 e. The van der Waals surface area contributed by atoms with Crippen LogP contribution in [0.15, 0.2) is 0 Å². The van der Waals surface area contributed by atoms with Gasteiger partial charge in [-0.3, -0.25) is 4.79 Å². The molecule has 4 unspecified atom stereocenters. The van der Waals surface area contributed by atoms with Crippen LogP contribution in [0.3, 0.4) is 0 Å². The first-order valence-electron chi connectivity index (χ1n) is 7.67. The first-order chi connectivity index (χ1) is 9.39. The fourth-order valence-corrected chi connectivity index (χ4v) is 3.21. The van der Waals surface area contributed by atoms with Gasteiger partial charge in [-0.1, -0.05) is 41.5 Å². The highest BCUT2D eigenvalue weighted by molar-refractivity contribution is 5.86. The number of hydrogen-bond acceptors (Lipinski definition) is 3. The van der Waals surface area contributed by atoms with Crippen molar-refractivity contribution in [2.75, 3.05) is 0 Å². The molecule has 122 valence electrons. The lowest BCUT2D eigenvalue weighted by molar-refractivity contribution is -0.147. The molecule has 0 heterocycles. The zero-order chi connectivity index (χ0) is 16.6. The number of carboxylic acids is 1. The van der Waals surface area contributed by atoms with E-state index in [-0.39, 0.29) is 29.2 Å². The lowest BCUT2D eigenvalue weighted by Gasteiger charge is -2.46. The Morgan fingerprint density at radius 1 is 1.29 bits per heavy atom. The Bertz CT molecular complexity index is 412. The Morgan fingerprint density at radius 3 is 2.24 bits per heavy atom. The summed E-state index contributed by atoms with van der Waals surface area (Å²) in [7, 11) is 0. The molecule has 0 saturated heterocycles. The van der Waals surface area contributed by atoms with Crippen molar-refractivity contribution in [1.29, 1.82) is 0 Å². The standard InChI is InChI=1S/C16H30N2O3/c1-9-11(17)8-7-10(16(9,5)6)13(19)18-12(14(20)21)15(2,3)4/h9-12H,7-8,17H2,1-6H3,(H,18,19)(H,20,21). The number of rotatable bonds is 3. The van der Waals surface area contributed by atoms with Crippen LogP contribution in [0.4, 0.5) is 0 Å². The van der Waals surface area contributed by atoms with Gasteiger partial charge in [0.1, 0.15) is 6.04 Å². The Balaban J connectivity index is 2.90. The van der Waals surface area contributed by atoms with Gasteiger partial charge in [-0.25, -0.2) is 4.79 Å². The minimum atomic E-state index is -0.991. The number of carbonyl (C=O) groups is 2. The monoisotopic (exact) mass is 298 g/mol. The molecule has 1 fully saturated rings. The molecule has 1 aliphatic rings. The van der Waals surface area contributed by atoms with Gasteiger partial charge >= 0.3 is 5.97 Å². The first-order valence-corrected chi connectivity index (χ1v) is 7.67. The van der Waals surface area contributed by atoms with Crippen LogP contribution in [-0.2, 0) is 9.59 Å². The molecule has 1 saturated carbocycles. The van der Waals surface area contributed by atoms with Crippen LogP contribution in [-0.4, -0.2) is 29.1 Å². The third kappa shape index (κ3) is 3.76. The maximum atomic E-state index is 12.6. The Kier molecular flexibility index (Phi) is 5.09. The highest BCUT2D eigenvalue weighted by atomic mass is 16.4. The van der Waals surface area contributed by atoms with Crippen LogP contribution in [0.5, 0.6) is 0 Å². The van der Waals surface area contributed by atoms with E-state index in [4.69, 9.17) is 5.73 Å². The number of nitrogens with one attached hydrogen (secondary N) is 1. The van der Waals surface area contributed by atoms with Gasteiger partial charge in [0.05, 0.1) is 0 Å². The molecule has 5 nitrogen and oxygen atoms in total. The first kappa shape index (κ1) is 18.0. The molecule has 0 bridgehead atoms. The maximum Gasteiger partial charge on any atom is 0.326 e. The van der Waals surface area contributed by atoms with Gasteiger partial charge in [-0.15, -0.1) is 0 Å². The Labute approximate surface area is 127 Å². The summed E-state index contributed by atoms with van der Waals surface area (Å²) in [4.78, 5) is 24.0. The molecule has 5 heteroatoms. The number of carboxylic acid groups (broad SMARTS) is 1. The SMILES string of the molecule is CC1C(N)CCC(C(=O)NC(C(=O)O)C(C)(C)C)C1(C)C. The minimum absolute atomic E-state index is 0.0990. The number of amides is 1. The van der Waals surface area contributed by atoms with Gasteiger partial charge in [-0.05, 0) is 29.6 Å². The van der Waals surface area contributed by atoms with Crippen LogP contribution < -0.4 is 11.1 Å². The molecule has 0 spiro atoms. The number of nitrogens with two attached hydrogens (primary N) is 1. The second kappa shape index (κ2) is 5.95. The molecule has 0 aliphatic heterocycles. The van der Waals surface area contributed by atoms with Crippen molar-refractivity contribution in [3.05, 3.63) is 0 Å². The quantitative estimate of drug-likeness (QED) is 0.743. The van der Waals surface area contributed by atoms with Gasteiger partial charge in [0, 0.05) is 12.0 Å². The van der Waals surface area contributed by atoms with E-state index in [9.17, 15) is 14.7 Å². The Hall–Kier alpha value is -1.10. The molecule has 21 heavy (non-hydrogen) atoms. The molecule has 0 radical (unpaired) electrons. The van der Waals surface area contributed by atoms with E-state index in [0.717, 1.165) is 6.42 Å². The topological polar surface area (TPSA) is 92.4 Å².